The Balaban J connectivity index is 2.52. The van der Waals surface area contributed by atoms with Crippen LogP contribution < -0.4 is 0 Å². The van der Waals surface area contributed by atoms with E-state index in [9.17, 15) is 5.11 Å². The second-order valence-electron chi connectivity index (χ2n) is 2.83. The van der Waals surface area contributed by atoms with E-state index in [1.807, 2.05) is 25.1 Å². The van der Waals surface area contributed by atoms with Gasteiger partial charge in [-0.1, -0.05) is 6.08 Å². The quantitative estimate of drug-likeness (QED) is 0.709. The van der Waals surface area contributed by atoms with Crippen LogP contribution >= 0.6 is 11.3 Å². The number of aliphatic hydroxyl groups excluding tert-OH is 1. The molecule has 0 bridgehead atoms. The molecule has 66 valence electrons. The van der Waals surface area contributed by atoms with Crippen molar-refractivity contribution >= 4 is 11.3 Å². The van der Waals surface area contributed by atoms with Crippen molar-refractivity contribution in [2.45, 2.75) is 25.9 Å². The Morgan fingerprint density at radius 3 is 2.92 bits per heavy atom. The number of aryl methyl sites for hydroxylation is 1. The highest BCUT2D eigenvalue weighted by atomic mass is 32.1. The molecule has 1 aromatic rings. The molecule has 1 N–H and O–H groups in total. The van der Waals surface area contributed by atoms with E-state index in [4.69, 9.17) is 0 Å². The normalized spacial score (nSPS) is 12.8. The minimum absolute atomic E-state index is 0.304. The summed E-state index contributed by atoms with van der Waals surface area (Å²) in [5.41, 5.74) is 0. The molecule has 0 saturated carbocycles. The summed E-state index contributed by atoms with van der Waals surface area (Å²) in [6.45, 7) is 5.67. The monoisotopic (exact) mass is 182 g/mol. The zero-order valence-electron chi connectivity index (χ0n) is 7.29. The van der Waals surface area contributed by atoms with Gasteiger partial charge >= 0.3 is 0 Å². The molecule has 2 heteroatoms. The Labute approximate surface area is 77.4 Å². The highest BCUT2D eigenvalue weighted by Gasteiger charge is 2.07. The van der Waals surface area contributed by atoms with Gasteiger partial charge in [-0.3, -0.25) is 0 Å². The zero-order valence-corrected chi connectivity index (χ0v) is 8.10. The molecule has 0 saturated heterocycles. The third-order valence-corrected chi connectivity index (χ3v) is 2.84. The molecule has 12 heavy (non-hydrogen) atoms. The number of rotatable bonds is 4. The van der Waals surface area contributed by atoms with E-state index in [0.717, 1.165) is 17.7 Å². The molecule has 0 amide bonds. The van der Waals surface area contributed by atoms with E-state index in [1.165, 1.54) is 4.88 Å². The molecule has 0 aliphatic heterocycles. The first-order chi connectivity index (χ1) is 5.74. The summed E-state index contributed by atoms with van der Waals surface area (Å²) in [4.78, 5) is 2.32. The minimum Gasteiger partial charge on any atom is -0.388 e. The van der Waals surface area contributed by atoms with E-state index in [1.54, 1.807) is 11.3 Å². The van der Waals surface area contributed by atoms with Gasteiger partial charge in [-0.2, -0.15) is 0 Å². The maximum absolute atomic E-state index is 9.63. The van der Waals surface area contributed by atoms with Gasteiger partial charge in [-0.05, 0) is 31.9 Å². The lowest BCUT2D eigenvalue weighted by atomic mass is 10.2. The molecule has 0 spiro atoms. The van der Waals surface area contributed by atoms with Crippen molar-refractivity contribution in [3.63, 3.8) is 0 Å². The summed E-state index contributed by atoms with van der Waals surface area (Å²) in [6, 6.07) is 4.03. The van der Waals surface area contributed by atoms with E-state index < -0.39 is 0 Å². The average molecular weight is 182 g/mol. The maximum Gasteiger partial charge on any atom is 0.0885 e. The Bertz CT molecular complexity index is 252. The fraction of sp³-hybridized carbons (Fsp3) is 0.400. The van der Waals surface area contributed by atoms with Gasteiger partial charge in [0.2, 0.25) is 0 Å². The van der Waals surface area contributed by atoms with Crippen molar-refractivity contribution < 1.29 is 5.11 Å². The van der Waals surface area contributed by atoms with Crippen molar-refractivity contribution in [1.29, 1.82) is 0 Å². The number of hydrogen-bond acceptors (Lipinski definition) is 2. The summed E-state index contributed by atoms with van der Waals surface area (Å²) >= 11 is 1.66. The van der Waals surface area contributed by atoms with Crippen LogP contribution in [0.15, 0.2) is 24.8 Å². The standard InChI is InChI=1S/C10H14OS/c1-3-4-5-9(11)10-7-6-8(2)12-10/h3,6-7,9,11H,1,4-5H2,2H3. The van der Waals surface area contributed by atoms with Crippen molar-refractivity contribution in [2.24, 2.45) is 0 Å². The third-order valence-electron chi connectivity index (χ3n) is 1.73. The fourth-order valence-electron chi connectivity index (χ4n) is 1.05. The van der Waals surface area contributed by atoms with Gasteiger partial charge in [-0.15, -0.1) is 17.9 Å². The van der Waals surface area contributed by atoms with Gasteiger partial charge in [0, 0.05) is 9.75 Å². The van der Waals surface area contributed by atoms with Crippen molar-refractivity contribution in [3.8, 4) is 0 Å². The van der Waals surface area contributed by atoms with Crippen molar-refractivity contribution in [3.05, 3.63) is 34.5 Å². The van der Waals surface area contributed by atoms with Crippen molar-refractivity contribution in [1.82, 2.24) is 0 Å². The topological polar surface area (TPSA) is 20.2 Å². The predicted octanol–water partition coefficient (Wildman–Crippen LogP) is 3.06. The van der Waals surface area contributed by atoms with Gasteiger partial charge in [-0.25, -0.2) is 0 Å². The Kier molecular flexibility index (Phi) is 3.50. The van der Waals surface area contributed by atoms with Crippen LogP contribution in [0.2, 0.25) is 0 Å². The molecule has 0 radical (unpaired) electrons. The molecule has 1 heterocycles. The molecule has 1 aromatic heterocycles. The molecule has 1 rings (SSSR count). The lowest BCUT2D eigenvalue weighted by Gasteiger charge is -2.05. The second-order valence-corrected chi connectivity index (χ2v) is 4.15. The number of hydrogen-bond donors (Lipinski definition) is 1. The predicted molar refractivity (Wildman–Crippen MR) is 53.4 cm³/mol. The van der Waals surface area contributed by atoms with E-state index in [-0.39, 0.29) is 6.10 Å². The molecule has 0 aliphatic rings. The molecular formula is C10H14OS. The van der Waals surface area contributed by atoms with Gasteiger partial charge < -0.3 is 5.11 Å². The summed E-state index contributed by atoms with van der Waals surface area (Å²) in [7, 11) is 0. The van der Waals surface area contributed by atoms with Crippen LogP contribution in [0.3, 0.4) is 0 Å². The first-order valence-corrected chi connectivity index (χ1v) is 4.91. The Morgan fingerprint density at radius 2 is 2.42 bits per heavy atom. The fourth-order valence-corrected chi connectivity index (χ4v) is 1.95. The summed E-state index contributed by atoms with van der Waals surface area (Å²) in [6.07, 6.45) is 3.19. The van der Waals surface area contributed by atoms with Crippen LogP contribution in [-0.2, 0) is 0 Å². The number of aliphatic hydroxyl groups is 1. The molecule has 0 aliphatic carbocycles. The molecule has 0 fully saturated rings. The maximum atomic E-state index is 9.63. The lowest BCUT2D eigenvalue weighted by molar-refractivity contribution is 0.172. The number of allylic oxidation sites excluding steroid dienone is 1. The minimum atomic E-state index is -0.304. The van der Waals surface area contributed by atoms with Crippen LogP contribution in [0, 0.1) is 6.92 Å². The van der Waals surface area contributed by atoms with Crippen LogP contribution in [0.1, 0.15) is 28.7 Å². The molecular weight excluding hydrogens is 168 g/mol. The molecule has 1 nitrogen and oxygen atoms in total. The molecule has 1 unspecified atom stereocenters. The van der Waals surface area contributed by atoms with Gasteiger partial charge in [0.05, 0.1) is 6.10 Å². The SMILES string of the molecule is C=CCCC(O)c1ccc(C)s1. The molecule has 0 aromatic carbocycles. The third kappa shape index (κ3) is 2.47. The van der Waals surface area contributed by atoms with E-state index in [0.29, 0.717) is 0 Å². The van der Waals surface area contributed by atoms with E-state index in [2.05, 4.69) is 6.58 Å². The first-order valence-electron chi connectivity index (χ1n) is 4.09. The summed E-state index contributed by atoms with van der Waals surface area (Å²) in [5.74, 6) is 0. The largest absolute Gasteiger partial charge is 0.388 e. The van der Waals surface area contributed by atoms with Gasteiger partial charge in [0.1, 0.15) is 0 Å². The highest BCUT2D eigenvalue weighted by molar-refractivity contribution is 7.11. The van der Waals surface area contributed by atoms with Gasteiger partial charge in [0.15, 0.2) is 0 Å². The summed E-state index contributed by atoms with van der Waals surface area (Å²) in [5, 5.41) is 9.63. The first kappa shape index (κ1) is 9.49. The van der Waals surface area contributed by atoms with Crippen LogP contribution in [-0.4, -0.2) is 5.11 Å². The highest BCUT2D eigenvalue weighted by Crippen LogP contribution is 2.25. The number of thiophene rings is 1. The van der Waals surface area contributed by atoms with Gasteiger partial charge in [0.25, 0.3) is 0 Å². The zero-order chi connectivity index (χ0) is 8.97. The summed E-state index contributed by atoms with van der Waals surface area (Å²) < 4.78 is 0. The smallest absolute Gasteiger partial charge is 0.0885 e. The van der Waals surface area contributed by atoms with Crippen LogP contribution in [0.5, 0.6) is 0 Å². The Hall–Kier alpha value is -0.600. The lowest BCUT2D eigenvalue weighted by Crippen LogP contribution is -1.92. The van der Waals surface area contributed by atoms with Crippen molar-refractivity contribution in [2.75, 3.05) is 0 Å². The average Bonchev–Trinajstić information content (AvgIpc) is 2.47. The van der Waals surface area contributed by atoms with Crippen LogP contribution in [0.25, 0.3) is 0 Å². The Morgan fingerprint density at radius 1 is 1.67 bits per heavy atom. The van der Waals surface area contributed by atoms with Crippen LogP contribution in [0.4, 0.5) is 0 Å². The molecule has 1 atom stereocenters. The van der Waals surface area contributed by atoms with E-state index >= 15 is 0 Å². The second kappa shape index (κ2) is 4.43.